The highest BCUT2D eigenvalue weighted by Gasteiger charge is 2.70. The highest BCUT2D eigenvalue weighted by Crippen LogP contribution is 2.54. The predicted molar refractivity (Wildman–Crippen MR) is 119 cm³/mol. The number of carboxylic acid groups (broad SMARTS) is 1. The van der Waals surface area contributed by atoms with E-state index in [1.165, 1.54) is 4.90 Å². The van der Waals surface area contributed by atoms with Crippen molar-refractivity contribution in [1.82, 2.24) is 10.2 Å². The molecule has 4 unspecified atom stereocenters. The summed E-state index contributed by atoms with van der Waals surface area (Å²) in [5.41, 5.74) is 1.78. The summed E-state index contributed by atoms with van der Waals surface area (Å²) in [7, 11) is 0. The van der Waals surface area contributed by atoms with Gasteiger partial charge in [0.25, 0.3) is 0 Å². The molecule has 3 heterocycles. The number of nitrogens with one attached hydrogen (secondary N) is 2. The average Bonchev–Trinajstić information content (AvgIpc) is 3.38. The van der Waals surface area contributed by atoms with Crippen LogP contribution in [-0.4, -0.2) is 46.3 Å². The average molecular weight is 447 g/mol. The van der Waals surface area contributed by atoms with Crippen LogP contribution in [0.3, 0.4) is 0 Å². The topological polar surface area (TPSA) is 116 Å². The predicted octanol–water partition coefficient (Wildman–Crippen LogP) is 1.82. The van der Waals surface area contributed by atoms with Crippen LogP contribution in [-0.2, 0) is 31.1 Å². The highest BCUT2D eigenvalue weighted by molar-refractivity contribution is 6.15. The van der Waals surface area contributed by atoms with E-state index in [1.54, 1.807) is 6.07 Å². The van der Waals surface area contributed by atoms with Gasteiger partial charge in [0.1, 0.15) is 5.54 Å². The number of imide groups is 1. The maximum Gasteiger partial charge on any atom is 0.303 e. The maximum absolute atomic E-state index is 13.7. The van der Waals surface area contributed by atoms with Gasteiger partial charge in [0.05, 0.1) is 11.8 Å². The summed E-state index contributed by atoms with van der Waals surface area (Å²) >= 11 is 0. The molecule has 3 amide bonds. The van der Waals surface area contributed by atoms with Crippen LogP contribution >= 0.6 is 0 Å². The number of benzene rings is 2. The van der Waals surface area contributed by atoms with Gasteiger partial charge < -0.3 is 10.4 Å². The lowest BCUT2D eigenvalue weighted by Crippen LogP contribution is -2.53. The van der Waals surface area contributed by atoms with Crippen LogP contribution in [0.15, 0.2) is 48.5 Å². The lowest BCUT2D eigenvalue weighted by atomic mass is 9.76. The van der Waals surface area contributed by atoms with Crippen molar-refractivity contribution >= 4 is 29.4 Å². The Balaban J connectivity index is 1.53. The number of rotatable bonds is 6. The Hall–Kier alpha value is -3.52. The van der Waals surface area contributed by atoms with Gasteiger partial charge in [-0.2, -0.15) is 0 Å². The van der Waals surface area contributed by atoms with Crippen molar-refractivity contribution in [2.45, 2.75) is 37.8 Å². The van der Waals surface area contributed by atoms with Crippen molar-refractivity contribution in [3.05, 3.63) is 65.2 Å². The summed E-state index contributed by atoms with van der Waals surface area (Å²) in [4.78, 5) is 53.1. The molecule has 2 aromatic rings. The minimum absolute atomic E-state index is 0.151. The van der Waals surface area contributed by atoms with Crippen LogP contribution in [0.1, 0.15) is 29.5 Å². The first-order valence-electron chi connectivity index (χ1n) is 11.1. The number of amides is 3. The van der Waals surface area contributed by atoms with Crippen molar-refractivity contribution < 1.29 is 24.3 Å². The molecule has 4 atom stereocenters. The first-order chi connectivity index (χ1) is 15.8. The molecule has 2 aromatic carbocycles. The van der Waals surface area contributed by atoms with Crippen molar-refractivity contribution in [2.75, 3.05) is 11.9 Å². The van der Waals surface area contributed by atoms with Gasteiger partial charge >= 0.3 is 5.97 Å². The molecule has 3 N–H and O–H groups in total. The zero-order valence-corrected chi connectivity index (χ0v) is 18.2. The molecular formula is C25H25N3O5. The Morgan fingerprint density at radius 1 is 1.06 bits per heavy atom. The second kappa shape index (κ2) is 7.81. The Labute approximate surface area is 191 Å². The molecule has 2 saturated heterocycles. The second-order valence-corrected chi connectivity index (χ2v) is 9.01. The largest absolute Gasteiger partial charge is 0.481 e. The number of anilines is 1. The molecule has 0 radical (unpaired) electrons. The van der Waals surface area contributed by atoms with E-state index in [4.69, 9.17) is 0 Å². The van der Waals surface area contributed by atoms with Crippen LogP contribution in [0.4, 0.5) is 5.69 Å². The summed E-state index contributed by atoms with van der Waals surface area (Å²) in [5, 5.41) is 15.4. The lowest BCUT2D eigenvalue weighted by Gasteiger charge is -2.29. The van der Waals surface area contributed by atoms with Crippen molar-refractivity contribution in [2.24, 2.45) is 11.8 Å². The molecule has 170 valence electrons. The Bertz CT molecular complexity index is 1160. The zero-order valence-electron chi connectivity index (χ0n) is 18.2. The molecule has 33 heavy (non-hydrogen) atoms. The monoisotopic (exact) mass is 447 g/mol. The summed E-state index contributed by atoms with van der Waals surface area (Å²) in [6.07, 6.45) is 0.503. The van der Waals surface area contributed by atoms with E-state index >= 15 is 0 Å². The van der Waals surface area contributed by atoms with Crippen LogP contribution in [0.5, 0.6) is 0 Å². The van der Waals surface area contributed by atoms with E-state index in [0.717, 1.165) is 11.1 Å². The molecule has 1 spiro atoms. The molecule has 3 aliphatic rings. The van der Waals surface area contributed by atoms with E-state index in [1.807, 2.05) is 49.4 Å². The Morgan fingerprint density at radius 2 is 1.82 bits per heavy atom. The molecule has 0 saturated carbocycles. The number of nitrogens with zero attached hydrogens (tertiary/aromatic N) is 1. The molecule has 0 bridgehead atoms. The van der Waals surface area contributed by atoms with Gasteiger partial charge in [-0.25, -0.2) is 0 Å². The van der Waals surface area contributed by atoms with Gasteiger partial charge in [-0.1, -0.05) is 48.5 Å². The van der Waals surface area contributed by atoms with Crippen LogP contribution < -0.4 is 10.6 Å². The molecule has 5 rings (SSSR count). The van der Waals surface area contributed by atoms with Crippen molar-refractivity contribution in [3.8, 4) is 0 Å². The van der Waals surface area contributed by atoms with Crippen LogP contribution in [0.25, 0.3) is 0 Å². The highest BCUT2D eigenvalue weighted by atomic mass is 16.4. The molecule has 0 aromatic heterocycles. The summed E-state index contributed by atoms with van der Waals surface area (Å²) in [5.74, 6) is -3.78. The number of para-hydroxylation sites is 1. The Kier molecular flexibility index (Phi) is 5.05. The molecule has 8 heteroatoms. The van der Waals surface area contributed by atoms with Crippen LogP contribution in [0, 0.1) is 18.8 Å². The first kappa shape index (κ1) is 21.3. The number of aryl methyl sites for hydroxylation is 1. The molecule has 0 aliphatic carbocycles. The standard InChI is InChI=1S/C25H25N3O5/c1-14-6-5-9-16-21(14)26-24(33)25(16)20-19(17(27-25)10-11-18(29)30)22(31)28(23(20)32)13-12-15-7-3-2-4-8-15/h2-9,17,19-20,27H,10-13H2,1H3,(H,26,33)(H,29,30). The van der Waals surface area contributed by atoms with Crippen molar-refractivity contribution in [3.63, 3.8) is 0 Å². The van der Waals surface area contributed by atoms with E-state index in [0.29, 0.717) is 17.7 Å². The fraction of sp³-hybridized carbons (Fsp3) is 0.360. The second-order valence-electron chi connectivity index (χ2n) is 9.01. The number of carbonyl (C=O) groups is 4. The van der Waals surface area contributed by atoms with Gasteiger partial charge in [-0.05, 0) is 30.9 Å². The summed E-state index contributed by atoms with van der Waals surface area (Å²) in [6, 6.07) is 14.5. The smallest absolute Gasteiger partial charge is 0.303 e. The van der Waals surface area contributed by atoms with Gasteiger partial charge in [0.15, 0.2) is 0 Å². The fourth-order valence-corrected chi connectivity index (χ4v) is 5.67. The normalized spacial score (nSPS) is 27.7. The molecule has 8 nitrogen and oxygen atoms in total. The molecule has 3 aliphatic heterocycles. The number of aliphatic carboxylic acids is 1. The quantitative estimate of drug-likeness (QED) is 0.582. The third kappa shape index (κ3) is 3.16. The lowest BCUT2D eigenvalue weighted by molar-refractivity contribution is -0.143. The van der Waals surface area contributed by atoms with Crippen LogP contribution in [0.2, 0.25) is 0 Å². The number of fused-ring (bicyclic) bond motifs is 4. The number of hydrogen-bond donors (Lipinski definition) is 3. The molecule has 2 fully saturated rings. The van der Waals surface area contributed by atoms with E-state index in [-0.39, 0.29) is 37.1 Å². The minimum Gasteiger partial charge on any atom is -0.481 e. The number of hydrogen-bond acceptors (Lipinski definition) is 5. The van der Waals surface area contributed by atoms with E-state index in [2.05, 4.69) is 10.6 Å². The Morgan fingerprint density at radius 3 is 2.55 bits per heavy atom. The van der Waals surface area contributed by atoms with Crippen molar-refractivity contribution in [1.29, 1.82) is 0 Å². The van der Waals surface area contributed by atoms with Gasteiger partial charge in [-0.15, -0.1) is 0 Å². The fourth-order valence-electron chi connectivity index (χ4n) is 5.67. The van der Waals surface area contributed by atoms with Gasteiger partial charge in [0.2, 0.25) is 17.7 Å². The minimum atomic E-state index is -1.39. The number of carbonyl (C=O) groups excluding carboxylic acids is 3. The zero-order chi connectivity index (χ0) is 23.3. The van der Waals surface area contributed by atoms with Gasteiger partial charge in [-0.3, -0.25) is 29.4 Å². The first-order valence-corrected chi connectivity index (χ1v) is 11.1. The van der Waals surface area contributed by atoms with E-state index in [9.17, 15) is 24.3 Å². The number of likely N-dealkylation sites (tertiary alicyclic amines) is 1. The summed E-state index contributed by atoms with van der Waals surface area (Å²) in [6.45, 7) is 2.10. The summed E-state index contributed by atoms with van der Waals surface area (Å²) < 4.78 is 0. The maximum atomic E-state index is 13.7. The third-order valence-electron chi connectivity index (χ3n) is 7.19. The van der Waals surface area contributed by atoms with E-state index < -0.39 is 29.4 Å². The number of carboxylic acids is 1. The third-order valence-corrected chi connectivity index (χ3v) is 7.19. The van der Waals surface area contributed by atoms with Gasteiger partial charge in [0, 0.05) is 30.3 Å². The SMILES string of the molecule is Cc1cccc2c1NC(=O)C21NC(CCC(=O)O)C2C(=O)N(CCc3ccccc3)C(=O)C21. The molecular weight excluding hydrogens is 422 g/mol.